The van der Waals surface area contributed by atoms with Gasteiger partial charge in [0, 0.05) is 36.3 Å². The predicted molar refractivity (Wildman–Crippen MR) is 140 cm³/mol. The van der Waals surface area contributed by atoms with Gasteiger partial charge in [-0.25, -0.2) is 0 Å². The summed E-state index contributed by atoms with van der Waals surface area (Å²) < 4.78 is 5.60. The highest BCUT2D eigenvalue weighted by Gasteiger charge is 2.15. The molecule has 36 heavy (non-hydrogen) atoms. The van der Waals surface area contributed by atoms with Gasteiger partial charge in [0.2, 0.25) is 5.91 Å². The van der Waals surface area contributed by atoms with E-state index in [1.165, 1.54) is 0 Å². The molecule has 0 atom stereocenters. The zero-order valence-corrected chi connectivity index (χ0v) is 20.6. The quantitative estimate of drug-likeness (QED) is 0.368. The summed E-state index contributed by atoms with van der Waals surface area (Å²) in [5.74, 6) is -0.240. The Labute approximate surface area is 210 Å². The summed E-state index contributed by atoms with van der Waals surface area (Å²) in [7, 11) is 1.78. The predicted octanol–water partition coefficient (Wildman–Crippen LogP) is 5.02. The lowest BCUT2D eigenvalue weighted by atomic mass is 10.1. The molecule has 4 rings (SSSR count). The van der Waals surface area contributed by atoms with Crippen molar-refractivity contribution in [3.63, 3.8) is 0 Å². The molecule has 0 unspecified atom stereocenters. The van der Waals surface area contributed by atoms with Crippen LogP contribution in [-0.4, -0.2) is 35.7 Å². The van der Waals surface area contributed by atoms with Crippen LogP contribution in [0.5, 0.6) is 0 Å². The van der Waals surface area contributed by atoms with Crippen molar-refractivity contribution < 1.29 is 18.8 Å². The second-order valence-electron chi connectivity index (χ2n) is 8.96. The fourth-order valence-corrected chi connectivity index (χ4v) is 3.64. The van der Waals surface area contributed by atoms with Crippen molar-refractivity contribution in [3.8, 4) is 0 Å². The third kappa shape index (κ3) is 5.99. The molecule has 0 fully saturated rings. The van der Waals surface area contributed by atoms with Crippen molar-refractivity contribution in [2.75, 3.05) is 12.4 Å². The first-order valence-corrected chi connectivity index (χ1v) is 11.8. The van der Waals surface area contributed by atoms with Gasteiger partial charge >= 0.3 is 0 Å². The van der Waals surface area contributed by atoms with E-state index in [9.17, 15) is 14.4 Å². The molecule has 0 saturated heterocycles. The Hall–Kier alpha value is -4.39. The van der Waals surface area contributed by atoms with Crippen LogP contribution < -0.4 is 10.6 Å². The van der Waals surface area contributed by atoms with E-state index < -0.39 is 0 Å². The third-order valence-corrected chi connectivity index (χ3v) is 6.01. The lowest BCUT2D eigenvalue weighted by Crippen LogP contribution is -2.32. The maximum atomic E-state index is 12.5. The van der Waals surface area contributed by atoms with Crippen LogP contribution in [0, 0.1) is 0 Å². The first kappa shape index (κ1) is 24.7. The summed E-state index contributed by atoms with van der Waals surface area (Å²) in [5.41, 5.74) is 3.63. The average molecular weight is 484 g/mol. The summed E-state index contributed by atoms with van der Waals surface area (Å²) in [6.07, 6.45) is 0.216. The van der Waals surface area contributed by atoms with Crippen molar-refractivity contribution in [2.45, 2.75) is 32.9 Å². The van der Waals surface area contributed by atoms with Gasteiger partial charge in [-0.15, -0.1) is 0 Å². The van der Waals surface area contributed by atoms with Gasteiger partial charge in [0.15, 0.2) is 5.76 Å². The van der Waals surface area contributed by atoms with Gasteiger partial charge in [-0.1, -0.05) is 42.5 Å². The molecule has 1 heterocycles. The molecule has 4 aromatic rings. The van der Waals surface area contributed by atoms with E-state index >= 15 is 0 Å². The number of nitrogens with one attached hydrogen (secondary N) is 2. The number of hydrogen-bond donors (Lipinski definition) is 2. The zero-order valence-electron chi connectivity index (χ0n) is 20.6. The molecule has 0 radical (unpaired) electrons. The van der Waals surface area contributed by atoms with E-state index in [2.05, 4.69) is 10.6 Å². The smallest absolute Gasteiger partial charge is 0.291 e. The Morgan fingerprint density at radius 1 is 0.889 bits per heavy atom. The van der Waals surface area contributed by atoms with Crippen LogP contribution >= 0.6 is 0 Å². The minimum Gasteiger partial charge on any atom is -0.451 e. The van der Waals surface area contributed by atoms with Crippen molar-refractivity contribution in [2.24, 2.45) is 0 Å². The molecule has 0 spiro atoms. The van der Waals surface area contributed by atoms with Gasteiger partial charge in [-0.3, -0.25) is 14.4 Å². The number of hydrogen-bond acceptors (Lipinski definition) is 4. The van der Waals surface area contributed by atoms with E-state index in [1.54, 1.807) is 54.4 Å². The fourth-order valence-electron chi connectivity index (χ4n) is 3.64. The fraction of sp³-hybridized carbons (Fsp3) is 0.207. The Balaban J connectivity index is 1.26. The van der Waals surface area contributed by atoms with Crippen LogP contribution in [-0.2, 0) is 17.8 Å². The number of para-hydroxylation sites is 1. The topological polar surface area (TPSA) is 91.7 Å². The Kier molecular flexibility index (Phi) is 7.49. The summed E-state index contributed by atoms with van der Waals surface area (Å²) in [6.45, 7) is 4.31. The molecule has 0 aliphatic carbocycles. The maximum absolute atomic E-state index is 12.5. The number of amides is 3. The summed E-state index contributed by atoms with van der Waals surface area (Å²) in [4.78, 5) is 39.0. The molecule has 0 aliphatic heterocycles. The van der Waals surface area contributed by atoms with E-state index in [0.717, 1.165) is 16.5 Å². The minimum atomic E-state index is -0.333. The van der Waals surface area contributed by atoms with E-state index in [1.807, 2.05) is 50.2 Å². The number of benzene rings is 3. The van der Waals surface area contributed by atoms with E-state index in [0.29, 0.717) is 23.4 Å². The second-order valence-corrected chi connectivity index (χ2v) is 8.96. The molecule has 3 amide bonds. The molecule has 0 saturated carbocycles. The molecule has 184 valence electrons. The average Bonchev–Trinajstić information content (AvgIpc) is 3.33. The molecule has 7 heteroatoms. The van der Waals surface area contributed by atoms with Crippen molar-refractivity contribution in [1.29, 1.82) is 0 Å². The van der Waals surface area contributed by atoms with Gasteiger partial charge in [0.25, 0.3) is 11.8 Å². The number of fused-ring (bicyclic) bond motifs is 1. The van der Waals surface area contributed by atoms with Crippen molar-refractivity contribution in [1.82, 2.24) is 10.2 Å². The van der Waals surface area contributed by atoms with Gasteiger partial charge < -0.3 is 20.0 Å². The SMILES string of the molecule is CC(C)N(C)C(=O)c1ccc(CNC(=O)Cc2ccc(NC(=O)c3cc4ccccc4o3)cc2)cc1. The highest BCUT2D eigenvalue weighted by molar-refractivity contribution is 6.04. The largest absolute Gasteiger partial charge is 0.451 e. The van der Waals surface area contributed by atoms with Crippen LogP contribution in [0.2, 0.25) is 0 Å². The summed E-state index contributed by atoms with van der Waals surface area (Å²) in [6, 6.07) is 23.7. The van der Waals surface area contributed by atoms with E-state index in [-0.39, 0.29) is 35.9 Å². The molecule has 7 nitrogen and oxygen atoms in total. The van der Waals surface area contributed by atoms with Crippen LogP contribution in [0.1, 0.15) is 45.9 Å². The molecule has 0 aliphatic rings. The number of anilines is 1. The third-order valence-electron chi connectivity index (χ3n) is 6.01. The maximum Gasteiger partial charge on any atom is 0.291 e. The zero-order chi connectivity index (χ0) is 25.7. The summed E-state index contributed by atoms with van der Waals surface area (Å²) >= 11 is 0. The van der Waals surface area contributed by atoms with Gasteiger partial charge in [-0.2, -0.15) is 0 Å². The van der Waals surface area contributed by atoms with Crippen LogP contribution in [0.4, 0.5) is 5.69 Å². The highest BCUT2D eigenvalue weighted by atomic mass is 16.3. The first-order chi connectivity index (χ1) is 17.3. The van der Waals surface area contributed by atoms with Crippen LogP contribution in [0.15, 0.2) is 83.3 Å². The Morgan fingerprint density at radius 2 is 1.56 bits per heavy atom. The standard InChI is InChI=1S/C29H29N3O4/c1-19(2)32(3)29(35)22-12-8-21(9-13-22)18-30-27(33)16-20-10-14-24(15-11-20)31-28(34)26-17-23-6-4-5-7-25(23)36-26/h4-15,17,19H,16,18H2,1-3H3,(H,30,33)(H,31,34). The molecular formula is C29H29N3O4. The Morgan fingerprint density at radius 3 is 2.22 bits per heavy atom. The second kappa shape index (κ2) is 10.9. The monoisotopic (exact) mass is 483 g/mol. The van der Waals surface area contributed by atoms with Gasteiger partial charge in [-0.05, 0) is 61.4 Å². The van der Waals surface area contributed by atoms with E-state index in [4.69, 9.17) is 4.42 Å². The van der Waals surface area contributed by atoms with Gasteiger partial charge in [0.1, 0.15) is 5.58 Å². The van der Waals surface area contributed by atoms with Gasteiger partial charge in [0.05, 0.1) is 6.42 Å². The Bertz CT molecular complexity index is 1340. The number of furan rings is 1. The first-order valence-electron chi connectivity index (χ1n) is 11.8. The van der Waals surface area contributed by atoms with Crippen molar-refractivity contribution >= 4 is 34.4 Å². The number of carbonyl (C=O) groups is 3. The minimum absolute atomic E-state index is 0.0298. The summed E-state index contributed by atoms with van der Waals surface area (Å²) in [5, 5.41) is 6.58. The normalized spacial score (nSPS) is 10.9. The lowest BCUT2D eigenvalue weighted by molar-refractivity contribution is -0.120. The lowest BCUT2D eigenvalue weighted by Gasteiger charge is -2.21. The number of carbonyl (C=O) groups excluding carboxylic acids is 3. The highest BCUT2D eigenvalue weighted by Crippen LogP contribution is 2.20. The molecule has 1 aromatic heterocycles. The number of nitrogens with zero attached hydrogens (tertiary/aromatic N) is 1. The molecule has 2 N–H and O–H groups in total. The molecular weight excluding hydrogens is 454 g/mol. The molecule has 0 bridgehead atoms. The van der Waals surface area contributed by atoms with Crippen LogP contribution in [0.25, 0.3) is 11.0 Å². The van der Waals surface area contributed by atoms with Crippen molar-refractivity contribution in [3.05, 3.63) is 101 Å². The molecule has 3 aromatic carbocycles. The van der Waals surface area contributed by atoms with Crippen LogP contribution in [0.3, 0.4) is 0 Å². The number of rotatable bonds is 8.